The lowest BCUT2D eigenvalue weighted by Crippen LogP contribution is -2.26. The van der Waals surface area contributed by atoms with Crippen LogP contribution in [0.3, 0.4) is 0 Å². The zero-order chi connectivity index (χ0) is 33.8. The molecule has 0 fully saturated rings. The molecule has 16 heteroatoms. The molecule has 1 aliphatic rings. The van der Waals surface area contributed by atoms with Gasteiger partial charge in [-0.15, -0.1) is 11.3 Å². The van der Waals surface area contributed by atoms with Crippen molar-refractivity contribution in [3.05, 3.63) is 69.8 Å². The second-order valence-corrected chi connectivity index (χ2v) is 13.3. The predicted molar refractivity (Wildman–Crippen MR) is 173 cm³/mol. The van der Waals surface area contributed by atoms with Gasteiger partial charge in [0.15, 0.2) is 11.5 Å². The first-order valence-electron chi connectivity index (χ1n) is 14.6. The van der Waals surface area contributed by atoms with Gasteiger partial charge in [-0.25, -0.2) is 9.18 Å². The molecule has 13 nitrogen and oxygen atoms in total. The van der Waals surface area contributed by atoms with Crippen molar-refractivity contribution in [2.75, 3.05) is 30.9 Å². The van der Waals surface area contributed by atoms with Gasteiger partial charge in [-0.1, -0.05) is 12.1 Å². The number of hydrogen-bond donors (Lipinski definition) is 1. The van der Waals surface area contributed by atoms with Crippen LogP contribution in [0.2, 0.25) is 0 Å². The molecular formula is C31H30F2N8O5S. The third-order valence-electron chi connectivity index (χ3n) is 7.45. The number of nitrogens with one attached hydrogen (secondary N) is 1. The third kappa shape index (κ3) is 6.15. The summed E-state index contributed by atoms with van der Waals surface area (Å²) in [4.78, 5) is 47.5. The van der Waals surface area contributed by atoms with Crippen molar-refractivity contribution < 1.29 is 28.0 Å². The molecule has 2 amide bonds. The van der Waals surface area contributed by atoms with Crippen LogP contribution in [0.25, 0.3) is 32.1 Å². The average Bonchev–Trinajstić information content (AvgIpc) is 3.52. The SMILES string of the molecule is CN(C)C(=O)c1cc2n(n1)CCCN(c1nc(F)nc3c(F)c(-c4cccc5sc(NC(=O)OC(C)(C)C)cc45)c([N+](=O)[O-])cc13)C2. The smallest absolute Gasteiger partial charge is 0.412 e. The van der Waals surface area contributed by atoms with Gasteiger partial charge in [0.1, 0.15) is 16.9 Å². The molecule has 0 unspecified atom stereocenters. The van der Waals surface area contributed by atoms with Crippen LogP contribution < -0.4 is 10.2 Å². The molecule has 0 saturated heterocycles. The van der Waals surface area contributed by atoms with Crippen LogP contribution >= 0.6 is 11.3 Å². The van der Waals surface area contributed by atoms with Crippen LogP contribution in [-0.2, 0) is 17.8 Å². The van der Waals surface area contributed by atoms with E-state index in [2.05, 4.69) is 20.4 Å². The van der Waals surface area contributed by atoms with Gasteiger partial charge in [-0.2, -0.15) is 19.5 Å². The summed E-state index contributed by atoms with van der Waals surface area (Å²) in [5.74, 6) is -1.39. The number of anilines is 2. The quantitative estimate of drug-likeness (QED) is 0.129. The van der Waals surface area contributed by atoms with Gasteiger partial charge >= 0.3 is 12.2 Å². The number of rotatable bonds is 5. The molecular weight excluding hydrogens is 634 g/mol. The highest BCUT2D eigenvalue weighted by Crippen LogP contribution is 2.44. The van der Waals surface area contributed by atoms with E-state index < -0.39 is 39.7 Å². The maximum Gasteiger partial charge on any atom is 0.412 e. The van der Waals surface area contributed by atoms with Crippen LogP contribution in [0.5, 0.6) is 0 Å². The molecule has 244 valence electrons. The number of carbonyl (C=O) groups is 2. The predicted octanol–water partition coefficient (Wildman–Crippen LogP) is 6.35. The van der Waals surface area contributed by atoms with E-state index in [9.17, 15) is 19.7 Å². The highest BCUT2D eigenvalue weighted by atomic mass is 32.1. The summed E-state index contributed by atoms with van der Waals surface area (Å²) >= 11 is 1.18. The van der Waals surface area contributed by atoms with E-state index in [0.717, 1.165) is 6.07 Å². The molecule has 1 aliphatic heterocycles. The fourth-order valence-corrected chi connectivity index (χ4v) is 6.51. The maximum atomic E-state index is 16.6. The number of carbonyl (C=O) groups excluding carboxylic acids is 2. The summed E-state index contributed by atoms with van der Waals surface area (Å²) in [6.07, 6.45) is -1.37. The molecule has 5 aromatic rings. The summed E-state index contributed by atoms with van der Waals surface area (Å²) < 4.78 is 39.3. The molecule has 1 N–H and O–H groups in total. The van der Waals surface area contributed by atoms with E-state index in [1.54, 1.807) is 68.7 Å². The standard InChI is InChI=1S/C31H30F2N8O5S/c1-31(2,3)46-30(43)34-23-14-18-17(8-6-9-22(18)47-23)24-21(41(44)45)13-19-26(25(24)32)35-29(33)36-27(19)39-10-7-11-40-16(15-39)12-20(37-40)28(42)38(4)5/h6,8-9,12-14H,7,10-11,15H2,1-5H3,(H,34,43). The van der Waals surface area contributed by atoms with Crippen molar-refractivity contribution >= 4 is 60.8 Å². The lowest BCUT2D eigenvalue weighted by Gasteiger charge is -2.23. The number of nitro groups is 1. The van der Waals surface area contributed by atoms with Gasteiger partial charge in [0.2, 0.25) is 0 Å². The van der Waals surface area contributed by atoms with Crippen molar-refractivity contribution in [2.45, 2.75) is 45.9 Å². The second kappa shape index (κ2) is 11.8. The number of benzene rings is 2. The monoisotopic (exact) mass is 664 g/mol. The van der Waals surface area contributed by atoms with E-state index in [1.807, 2.05) is 0 Å². The summed E-state index contributed by atoms with van der Waals surface area (Å²) in [5, 5.41) is 20.3. The van der Waals surface area contributed by atoms with Gasteiger partial charge in [-0.05, 0) is 45.4 Å². The zero-order valence-corrected chi connectivity index (χ0v) is 26.9. The third-order valence-corrected chi connectivity index (χ3v) is 8.47. The van der Waals surface area contributed by atoms with E-state index >= 15 is 8.78 Å². The Morgan fingerprint density at radius 3 is 2.57 bits per heavy atom. The fraction of sp³-hybridized carbons (Fsp3) is 0.323. The van der Waals surface area contributed by atoms with E-state index in [-0.39, 0.29) is 40.5 Å². The number of ether oxygens (including phenoxy) is 1. The lowest BCUT2D eigenvalue weighted by molar-refractivity contribution is -0.384. The number of aromatic nitrogens is 4. The Kier molecular flexibility index (Phi) is 7.99. The summed E-state index contributed by atoms with van der Waals surface area (Å²) in [6.45, 7) is 6.12. The van der Waals surface area contributed by atoms with Crippen molar-refractivity contribution in [3.8, 4) is 11.1 Å². The van der Waals surface area contributed by atoms with Crippen molar-refractivity contribution in [1.29, 1.82) is 0 Å². The van der Waals surface area contributed by atoms with Crippen molar-refractivity contribution in [2.24, 2.45) is 0 Å². The van der Waals surface area contributed by atoms with Gasteiger partial charge < -0.3 is 14.5 Å². The molecule has 0 saturated carbocycles. The summed E-state index contributed by atoms with van der Waals surface area (Å²) in [7, 11) is 3.23. The Morgan fingerprint density at radius 2 is 1.87 bits per heavy atom. The average molecular weight is 665 g/mol. The number of nitrogens with zero attached hydrogens (tertiary/aromatic N) is 7. The largest absolute Gasteiger partial charge is 0.444 e. The fourth-order valence-electron chi connectivity index (χ4n) is 5.53. The number of amides is 2. The minimum absolute atomic E-state index is 0.0197. The van der Waals surface area contributed by atoms with Crippen LogP contribution in [-0.4, -0.2) is 67.8 Å². The Labute approximate surface area is 270 Å². The summed E-state index contributed by atoms with van der Waals surface area (Å²) in [5.41, 5.74) is -1.05. The molecule has 0 bridgehead atoms. The first-order chi connectivity index (χ1) is 22.2. The Morgan fingerprint density at radius 1 is 1.11 bits per heavy atom. The van der Waals surface area contributed by atoms with E-state index in [0.29, 0.717) is 40.3 Å². The van der Waals surface area contributed by atoms with Crippen molar-refractivity contribution in [1.82, 2.24) is 24.6 Å². The highest BCUT2D eigenvalue weighted by Gasteiger charge is 2.30. The number of halogens is 2. The number of nitro benzene ring substituents is 1. The molecule has 2 aromatic carbocycles. The topological polar surface area (TPSA) is 149 Å². The Bertz CT molecular complexity index is 2090. The molecule has 0 aliphatic carbocycles. The number of fused-ring (bicyclic) bond motifs is 3. The Balaban J connectivity index is 1.46. The Hall–Kier alpha value is -5.25. The first kappa shape index (κ1) is 31.7. The van der Waals surface area contributed by atoms with Gasteiger partial charge in [0, 0.05) is 48.9 Å². The van der Waals surface area contributed by atoms with Crippen LogP contribution in [0.15, 0.2) is 36.4 Å². The minimum atomic E-state index is -1.20. The molecule has 6 rings (SSSR count). The molecule has 0 atom stereocenters. The minimum Gasteiger partial charge on any atom is -0.444 e. The molecule has 0 spiro atoms. The van der Waals surface area contributed by atoms with Gasteiger partial charge in [0.25, 0.3) is 11.6 Å². The van der Waals surface area contributed by atoms with E-state index in [4.69, 9.17) is 4.74 Å². The number of thiophene rings is 1. The highest BCUT2D eigenvalue weighted by molar-refractivity contribution is 7.23. The summed E-state index contributed by atoms with van der Waals surface area (Å²) in [6, 6.07) is 9.24. The van der Waals surface area contributed by atoms with Gasteiger partial charge in [-0.3, -0.25) is 24.9 Å². The maximum absolute atomic E-state index is 16.6. The zero-order valence-electron chi connectivity index (χ0n) is 26.1. The molecule has 3 aromatic heterocycles. The normalized spacial score (nSPS) is 13.4. The second-order valence-electron chi connectivity index (χ2n) is 12.2. The van der Waals surface area contributed by atoms with Crippen LogP contribution in [0.4, 0.5) is 30.1 Å². The first-order valence-corrected chi connectivity index (χ1v) is 15.4. The van der Waals surface area contributed by atoms with Crippen molar-refractivity contribution in [3.63, 3.8) is 0 Å². The lowest BCUT2D eigenvalue weighted by atomic mass is 9.97. The number of hydrogen-bond acceptors (Lipinski definition) is 10. The van der Waals surface area contributed by atoms with Crippen LogP contribution in [0, 0.1) is 22.0 Å². The van der Waals surface area contributed by atoms with Crippen LogP contribution in [0.1, 0.15) is 43.4 Å². The molecule has 47 heavy (non-hydrogen) atoms. The van der Waals surface area contributed by atoms with E-state index in [1.165, 1.54) is 22.3 Å². The molecule has 0 radical (unpaired) electrons. The molecule has 4 heterocycles. The van der Waals surface area contributed by atoms with Gasteiger partial charge in [0.05, 0.1) is 33.1 Å². The number of aryl methyl sites for hydroxylation is 1.